The monoisotopic (exact) mass is 270 g/mol. The lowest BCUT2D eigenvalue weighted by Crippen LogP contribution is -2.50. The highest BCUT2D eigenvalue weighted by molar-refractivity contribution is 5.77. The van der Waals surface area contributed by atoms with E-state index < -0.39 is 11.9 Å². The average molecular weight is 270 g/mol. The van der Waals surface area contributed by atoms with Crippen molar-refractivity contribution in [3.8, 4) is 0 Å². The van der Waals surface area contributed by atoms with Crippen molar-refractivity contribution < 1.29 is 19.8 Å². The van der Waals surface area contributed by atoms with Crippen molar-refractivity contribution in [3.63, 3.8) is 0 Å². The van der Waals surface area contributed by atoms with Gasteiger partial charge in [0.1, 0.15) is 0 Å². The van der Waals surface area contributed by atoms with Gasteiger partial charge in [-0.25, -0.2) is 4.79 Å². The summed E-state index contributed by atoms with van der Waals surface area (Å²) in [6.45, 7) is 2.61. The first-order valence-electron chi connectivity index (χ1n) is 6.95. The van der Waals surface area contributed by atoms with E-state index in [2.05, 4.69) is 5.32 Å². The third-order valence-electron chi connectivity index (χ3n) is 4.47. The minimum atomic E-state index is -0.837. The van der Waals surface area contributed by atoms with Gasteiger partial charge < -0.3 is 20.4 Å². The molecule has 2 fully saturated rings. The molecule has 108 valence electrons. The zero-order valence-corrected chi connectivity index (χ0v) is 11.2. The molecular formula is C13H22N2O4. The van der Waals surface area contributed by atoms with Crippen LogP contribution >= 0.6 is 0 Å². The van der Waals surface area contributed by atoms with Gasteiger partial charge in [0.25, 0.3) is 0 Å². The highest BCUT2D eigenvalue weighted by Crippen LogP contribution is 2.27. The van der Waals surface area contributed by atoms with Crippen molar-refractivity contribution in [2.24, 2.45) is 11.8 Å². The van der Waals surface area contributed by atoms with Crippen molar-refractivity contribution in [2.75, 3.05) is 13.2 Å². The number of nitrogens with one attached hydrogen (secondary N) is 1. The van der Waals surface area contributed by atoms with Gasteiger partial charge in [0.2, 0.25) is 0 Å². The number of aliphatic hydroxyl groups excluding tert-OH is 1. The summed E-state index contributed by atoms with van der Waals surface area (Å²) in [5.41, 5.74) is 0. The molecule has 2 amide bonds. The summed E-state index contributed by atoms with van der Waals surface area (Å²) in [5.74, 6) is -1.03. The lowest BCUT2D eigenvalue weighted by Gasteiger charge is -2.28. The minimum absolute atomic E-state index is 0.0401. The van der Waals surface area contributed by atoms with Crippen LogP contribution in [0.15, 0.2) is 0 Å². The molecule has 0 bridgehead atoms. The summed E-state index contributed by atoms with van der Waals surface area (Å²) in [5, 5.41) is 21.3. The number of carbonyl (C=O) groups excluding carboxylic acids is 1. The van der Waals surface area contributed by atoms with Crippen LogP contribution in [0.5, 0.6) is 0 Å². The van der Waals surface area contributed by atoms with Crippen molar-refractivity contribution in [2.45, 2.75) is 44.7 Å². The zero-order valence-electron chi connectivity index (χ0n) is 11.2. The third kappa shape index (κ3) is 2.83. The Morgan fingerprint density at radius 2 is 2.05 bits per heavy atom. The molecular weight excluding hydrogens is 248 g/mol. The Kier molecular flexibility index (Phi) is 4.29. The van der Waals surface area contributed by atoms with E-state index in [1.807, 2.05) is 6.92 Å². The van der Waals surface area contributed by atoms with Crippen LogP contribution in [0.1, 0.15) is 32.6 Å². The van der Waals surface area contributed by atoms with Gasteiger partial charge in [-0.15, -0.1) is 0 Å². The Morgan fingerprint density at radius 3 is 2.68 bits per heavy atom. The second-order valence-corrected chi connectivity index (χ2v) is 5.64. The topological polar surface area (TPSA) is 89.9 Å². The molecule has 0 aromatic heterocycles. The third-order valence-corrected chi connectivity index (χ3v) is 4.47. The number of urea groups is 1. The second-order valence-electron chi connectivity index (χ2n) is 5.64. The average Bonchev–Trinajstić information content (AvgIpc) is 2.95. The SMILES string of the molecule is CC1CCN(C(=O)NC2CCCC2C(=O)O)C1CO. The van der Waals surface area contributed by atoms with Crippen molar-refractivity contribution in [3.05, 3.63) is 0 Å². The van der Waals surface area contributed by atoms with Crippen LogP contribution < -0.4 is 5.32 Å². The van der Waals surface area contributed by atoms with E-state index in [1.54, 1.807) is 4.90 Å². The number of aliphatic carboxylic acids is 1. The summed E-state index contributed by atoms with van der Waals surface area (Å²) in [4.78, 5) is 24.9. The summed E-state index contributed by atoms with van der Waals surface area (Å²) >= 11 is 0. The van der Waals surface area contributed by atoms with Crippen molar-refractivity contribution >= 4 is 12.0 Å². The molecule has 1 aliphatic carbocycles. The lowest BCUT2D eigenvalue weighted by atomic mass is 10.0. The number of hydrogen-bond donors (Lipinski definition) is 3. The highest BCUT2D eigenvalue weighted by atomic mass is 16.4. The molecule has 19 heavy (non-hydrogen) atoms. The van der Waals surface area contributed by atoms with Crippen molar-refractivity contribution in [1.82, 2.24) is 10.2 Å². The molecule has 0 radical (unpaired) electrons. The van der Waals surface area contributed by atoms with E-state index in [9.17, 15) is 14.7 Å². The zero-order chi connectivity index (χ0) is 14.0. The predicted octanol–water partition coefficient (Wildman–Crippen LogP) is 0.652. The van der Waals surface area contributed by atoms with Crippen LogP contribution in [0.25, 0.3) is 0 Å². The predicted molar refractivity (Wildman–Crippen MR) is 68.7 cm³/mol. The van der Waals surface area contributed by atoms with Gasteiger partial charge in [0, 0.05) is 12.6 Å². The largest absolute Gasteiger partial charge is 0.481 e. The molecule has 2 rings (SSSR count). The molecule has 1 saturated heterocycles. The molecule has 4 unspecified atom stereocenters. The Bertz CT molecular complexity index is 361. The van der Waals surface area contributed by atoms with Gasteiger partial charge in [-0.1, -0.05) is 13.3 Å². The van der Waals surface area contributed by atoms with Crippen LogP contribution in [0.3, 0.4) is 0 Å². The van der Waals surface area contributed by atoms with Crippen LogP contribution in [0, 0.1) is 11.8 Å². The van der Waals surface area contributed by atoms with Gasteiger partial charge in [-0.05, 0) is 25.2 Å². The minimum Gasteiger partial charge on any atom is -0.481 e. The number of hydrogen-bond acceptors (Lipinski definition) is 3. The van der Waals surface area contributed by atoms with Gasteiger partial charge in [0.05, 0.1) is 18.6 Å². The highest BCUT2D eigenvalue weighted by Gasteiger charge is 2.38. The molecule has 6 heteroatoms. The first kappa shape index (κ1) is 14.1. The summed E-state index contributed by atoms with van der Waals surface area (Å²) in [6, 6.07) is -0.661. The van der Waals surface area contributed by atoms with E-state index in [0.717, 1.165) is 19.3 Å². The van der Waals surface area contributed by atoms with Crippen LogP contribution in [-0.2, 0) is 4.79 Å². The molecule has 4 atom stereocenters. The molecule has 0 aromatic carbocycles. The molecule has 1 saturated carbocycles. The first-order valence-corrected chi connectivity index (χ1v) is 6.95. The molecule has 1 heterocycles. The fraction of sp³-hybridized carbons (Fsp3) is 0.846. The number of nitrogens with zero attached hydrogens (tertiary/aromatic N) is 1. The molecule has 6 nitrogen and oxygen atoms in total. The molecule has 3 N–H and O–H groups in total. The van der Waals surface area contributed by atoms with Crippen LogP contribution in [0.4, 0.5) is 4.79 Å². The van der Waals surface area contributed by atoms with E-state index in [4.69, 9.17) is 5.11 Å². The summed E-state index contributed by atoms with van der Waals surface area (Å²) in [6.07, 6.45) is 3.06. The van der Waals surface area contributed by atoms with E-state index in [-0.39, 0.29) is 30.6 Å². The molecule has 0 spiro atoms. The number of carboxylic acids is 1. The maximum absolute atomic E-state index is 12.2. The maximum Gasteiger partial charge on any atom is 0.317 e. The Balaban J connectivity index is 1.95. The fourth-order valence-electron chi connectivity index (χ4n) is 3.21. The normalized spacial score (nSPS) is 34.5. The Morgan fingerprint density at radius 1 is 1.32 bits per heavy atom. The number of amides is 2. The molecule has 1 aliphatic heterocycles. The molecule has 0 aromatic rings. The number of rotatable bonds is 3. The quantitative estimate of drug-likeness (QED) is 0.702. The van der Waals surface area contributed by atoms with E-state index in [0.29, 0.717) is 13.0 Å². The Labute approximate surface area is 112 Å². The van der Waals surface area contributed by atoms with Crippen molar-refractivity contribution in [1.29, 1.82) is 0 Å². The smallest absolute Gasteiger partial charge is 0.317 e. The second kappa shape index (κ2) is 5.77. The van der Waals surface area contributed by atoms with E-state index in [1.165, 1.54) is 0 Å². The first-order chi connectivity index (χ1) is 9.04. The fourth-order valence-corrected chi connectivity index (χ4v) is 3.21. The number of aliphatic hydroxyl groups is 1. The number of likely N-dealkylation sites (tertiary alicyclic amines) is 1. The van der Waals surface area contributed by atoms with Crippen LogP contribution in [0.2, 0.25) is 0 Å². The number of carboxylic acid groups (broad SMARTS) is 1. The summed E-state index contributed by atoms with van der Waals surface area (Å²) in [7, 11) is 0. The molecule has 2 aliphatic rings. The maximum atomic E-state index is 12.2. The van der Waals surface area contributed by atoms with Gasteiger partial charge >= 0.3 is 12.0 Å². The van der Waals surface area contributed by atoms with Gasteiger partial charge in [-0.3, -0.25) is 4.79 Å². The van der Waals surface area contributed by atoms with E-state index >= 15 is 0 Å². The lowest BCUT2D eigenvalue weighted by molar-refractivity contribution is -0.142. The Hall–Kier alpha value is -1.30. The number of carbonyl (C=O) groups is 2. The van der Waals surface area contributed by atoms with Crippen LogP contribution in [-0.4, -0.2) is 52.3 Å². The van der Waals surface area contributed by atoms with Gasteiger partial charge in [0.15, 0.2) is 0 Å². The standard InChI is InChI=1S/C13H22N2O4/c1-8-5-6-15(11(8)7-16)13(19)14-10-4-2-3-9(10)12(17)18/h8-11,16H,2-7H2,1H3,(H,14,19)(H,17,18). The summed E-state index contributed by atoms with van der Waals surface area (Å²) < 4.78 is 0. The van der Waals surface area contributed by atoms with Gasteiger partial charge in [-0.2, -0.15) is 0 Å².